The zero-order valence-electron chi connectivity index (χ0n) is 8.43. The van der Waals surface area contributed by atoms with Crippen molar-refractivity contribution in [1.29, 1.82) is 0 Å². The van der Waals surface area contributed by atoms with Gasteiger partial charge >= 0.3 is 5.97 Å². The lowest BCUT2D eigenvalue weighted by Gasteiger charge is -2.28. The van der Waals surface area contributed by atoms with E-state index < -0.39 is 18.0 Å². The fraction of sp³-hybridized carbons (Fsp3) is 0.889. The fourth-order valence-electron chi connectivity index (χ4n) is 1.52. The van der Waals surface area contributed by atoms with E-state index >= 15 is 0 Å². The molecule has 0 aliphatic carbocycles. The summed E-state index contributed by atoms with van der Waals surface area (Å²) in [6.45, 7) is 0.734. The molecule has 0 radical (unpaired) electrons. The fourth-order valence-corrected chi connectivity index (χ4v) is 1.52. The second kappa shape index (κ2) is 6.02. The van der Waals surface area contributed by atoms with Crippen LogP contribution in [-0.2, 0) is 9.53 Å². The van der Waals surface area contributed by atoms with Crippen molar-refractivity contribution in [2.45, 2.75) is 18.6 Å². The van der Waals surface area contributed by atoms with Gasteiger partial charge in [0.2, 0.25) is 0 Å². The van der Waals surface area contributed by atoms with Crippen molar-refractivity contribution in [2.75, 3.05) is 26.3 Å². The molecule has 1 aliphatic heterocycles. The Labute approximate surface area is 87.9 Å². The highest BCUT2D eigenvalue weighted by atomic mass is 16.5. The summed E-state index contributed by atoms with van der Waals surface area (Å²) in [5.41, 5.74) is 0. The van der Waals surface area contributed by atoms with Gasteiger partial charge in [-0.25, -0.2) is 0 Å². The van der Waals surface area contributed by atoms with E-state index in [0.717, 1.165) is 0 Å². The first-order valence-electron chi connectivity index (χ1n) is 4.97. The maximum atomic E-state index is 10.7. The number of carbonyl (C=O) groups is 1. The number of ether oxygens (including phenoxy) is 1. The summed E-state index contributed by atoms with van der Waals surface area (Å²) in [6, 6.07) is 0. The monoisotopic (exact) mass is 219 g/mol. The Morgan fingerprint density at radius 1 is 1.53 bits per heavy atom. The van der Waals surface area contributed by atoms with Crippen LogP contribution < -0.4 is 5.32 Å². The molecule has 4 N–H and O–H groups in total. The molecular formula is C9H17NO5. The van der Waals surface area contributed by atoms with E-state index in [-0.39, 0.29) is 19.3 Å². The van der Waals surface area contributed by atoms with Gasteiger partial charge in [0.15, 0.2) is 0 Å². The zero-order valence-corrected chi connectivity index (χ0v) is 8.43. The first kappa shape index (κ1) is 12.4. The first-order valence-corrected chi connectivity index (χ1v) is 4.97. The highest BCUT2D eigenvalue weighted by Gasteiger charge is 2.27. The third-order valence-corrected chi connectivity index (χ3v) is 2.39. The topological polar surface area (TPSA) is 99.0 Å². The Hall–Kier alpha value is -0.690. The standard InChI is InChI=1S/C9H17NO5/c11-4-7(12)5-15-8-1-6(9(13)14)2-10-3-8/h6-8,10-12H,1-5H2,(H,13,14). The van der Waals surface area contributed by atoms with E-state index in [4.69, 9.17) is 20.1 Å². The maximum absolute atomic E-state index is 10.7. The molecule has 0 spiro atoms. The minimum atomic E-state index is -0.893. The molecule has 1 saturated heterocycles. The number of piperidine rings is 1. The summed E-state index contributed by atoms with van der Waals surface area (Å²) >= 11 is 0. The Kier molecular flexibility index (Phi) is 4.97. The van der Waals surface area contributed by atoms with Crippen LogP contribution in [0, 0.1) is 5.92 Å². The van der Waals surface area contributed by atoms with Crippen LogP contribution in [-0.4, -0.2) is 59.8 Å². The van der Waals surface area contributed by atoms with Crippen molar-refractivity contribution in [3.8, 4) is 0 Å². The van der Waals surface area contributed by atoms with E-state index in [0.29, 0.717) is 19.5 Å². The second-order valence-corrected chi connectivity index (χ2v) is 3.72. The Bertz CT molecular complexity index is 211. The zero-order chi connectivity index (χ0) is 11.3. The summed E-state index contributed by atoms with van der Waals surface area (Å²) in [4.78, 5) is 10.7. The third kappa shape index (κ3) is 4.13. The summed E-state index contributed by atoms with van der Waals surface area (Å²) in [6.07, 6.45) is -0.656. The van der Waals surface area contributed by atoms with Crippen molar-refractivity contribution < 1.29 is 24.9 Å². The van der Waals surface area contributed by atoms with Crippen LogP contribution in [0.5, 0.6) is 0 Å². The molecule has 3 atom stereocenters. The smallest absolute Gasteiger partial charge is 0.307 e. The lowest BCUT2D eigenvalue weighted by Crippen LogP contribution is -2.44. The number of aliphatic hydroxyl groups excluding tert-OH is 2. The molecule has 0 aromatic carbocycles. The van der Waals surface area contributed by atoms with Gasteiger partial charge in [-0.2, -0.15) is 0 Å². The van der Waals surface area contributed by atoms with Crippen molar-refractivity contribution in [3.05, 3.63) is 0 Å². The van der Waals surface area contributed by atoms with Gasteiger partial charge in [0.25, 0.3) is 0 Å². The summed E-state index contributed by atoms with van der Waals surface area (Å²) < 4.78 is 5.28. The van der Waals surface area contributed by atoms with E-state index in [1.165, 1.54) is 0 Å². The predicted molar refractivity (Wildman–Crippen MR) is 51.4 cm³/mol. The molecular weight excluding hydrogens is 202 g/mol. The van der Waals surface area contributed by atoms with Crippen LogP contribution in [0.15, 0.2) is 0 Å². The average Bonchev–Trinajstić information content (AvgIpc) is 2.26. The van der Waals surface area contributed by atoms with E-state index in [1.807, 2.05) is 0 Å². The molecule has 0 aromatic rings. The molecule has 3 unspecified atom stereocenters. The Morgan fingerprint density at radius 3 is 2.87 bits per heavy atom. The van der Waals surface area contributed by atoms with Gasteiger partial charge < -0.3 is 25.4 Å². The third-order valence-electron chi connectivity index (χ3n) is 2.39. The maximum Gasteiger partial charge on any atom is 0.307 e. The van der Waals surface area contributed by atoms with Crippen LogP contribution in [0.1, 0.15) is 6.42 Å². The highest BCUT2D eigenvalue weighted by molar-refractivity contribution is 5.70. The van der Waals surface area contributed by atoms with Crippen molar-refractivity contribution >= 4 is 5.97 Å². The van der Waals surface area contributed by atoms with Crippen molar-refractivity contribution in [1.82, 2.24) is 5.32 Å². The van der Waals surface area contributed by atoms with Gasteiger partial charge in [0.05, 0.1) is 25.2 Å². The molecule has 0 amide bonds. The number of carboxylic acids is 1. The van der Waals surface area contributed by atoms with Gasteiger partial charge in [0, 0.05) is 13.1 Å². The van der Waals surface area contributed by atoms with Gasteiger partial charge in [-0.15, -0.1) is 0 Å². The number of rotatable bonds is 5. The number of aliphatic carboxylic acids is 1. The summed E-state index contributed by atoms with van der Waals surface area (Å²) in [5.74, 6) is -1.27. The molecule has 1 rings (SSSR count). The molecule has 0 bridgehead atoms. The second-order valence-electron chi connectivity index (χ2n) is 3.72. The predicted octanol–water partition coefficient (Wildman–Crippen LogP) is -1.58. The summed E-state index contributed by atoms with van der Waals surface area (Å²) in [5, 5.41) is 29.4. The Balaban J connectivity index is 2.27. The van der Waals surface area contributed by atoms with Gasteiger partial charge in [-0.1, -0.05) is 0 Å². The molecule has 88 valence electrons. The largest absolute Gasteiger partial charge is 0.481 e. The molecule has 6 nitrogen and oxygen atoms in total. The molecule has 0 saturated carbocycles. The highest BCUT2D eigenvalue weighted by Crippen LogP contribution is 2.13. The van der Waals surface area contributed by atoms with Gasteiger partial charge in [-0.05, 0) is 6.42 Å². The van der Waals surface area contributed by atoms with Crippen LogP contribution >= 0.6 is 0 Å². The summed E-state index contributed by atoms with van der Waals surface area (Å²) in [7, 11) is 0. The number of hydrogen-bond acceptors (Lipinski definition) is 5. The van der Waals surface area contributed by atoms with Crippen molar-refractivity contribution in [3.63, 3.8) is 0 Å². The average molecular weight is 219 g/mol. The van der Waals surface area contributed by atoms with E-state index in [1.54, 1.807) is 0 Å². The number of aliphatic hydroxyl groups is 2. The van der Waals surface area contributed by atoms with Crippen LogP contribution in [0.3, 0.4) is 0 Å². The van der Waals surface area contributed by atoms with Crippen LogP contribution in [0.2, 0.25) is 0 Å². The van der Waals surface area contributed by atoms with E-state index in [2.05, 4.69) is 5.32 Å². The molecule has 1 heterocycles. The minimum Gasteiger partial charge on any atom is -0.481 e. The van der Waals surface area contributed by atoms with E-state index in [9.17, 15) is 4.79 Å². The lowest BCUT2D eigenvalue weighted by atomic mass is 9.98. The lowest BCUT2D eigenvalue weighted by molar-refractivity contribution is -0.144. The van der Waals surface area contributed by atoms with Gasteiger partial charge in [0.1, 0.15) is 6.10 Å². The van der Waals surface area contributed by atoms with Crippen LogP contribution in [0.25, 0.3) is 0 Å². The minimum absolute atomic E-state index is 0.0369. The molecule has 1 aliphatic rings. The number of carboxylic acid groups (broad SMARTS) is 1. The Morgan fingerprint density at radius 2 is 2.27 bits per heavy atom. The van der Waals surface area contributed by atoms with Gasteiger partial charge in [-0.3, -0.25) is 4.79 Å². The SMILES string of the molecule is O=C(O)C1CNCC(OCC(O)CO)C1. The molecule has 0 aromatic heterocycles. The molecule has 15 heavy (non-hydrogen) atoms. The normalized spacial score (nSPS) is 28.7. The first-order chi connectivity index (χ1) is 7.13. The van der Waals surface area contributed by atoms with Crippen molar-refractivity contribution in [2.24, 2.45) is 5.92 Å². The molecule has 6 heteroatoms. The number of nitrogens with one attached hydrogen (secondary N) is 1. The molecule has 1 fully saturated rings. The quantitative estimate of drug-likeness (QED) is 0.445. The van der Waals surface area contributed by atoms with Crippen LogP contribution in [0.4, 0.5) is 0 Å². The number of hydrogen-bond donors (Lipinski definition) is 4.